The Bertz CT molecular complexity index is 469. The molecule has 1 heterocycles. The number of esters is 1. The molecule has 4 heteroatoms. The molecule has 19 heavy (non-hydrogen) atoms. The van der Waals surface area contributed by atoms with Crippen LogP contribution in [0.25, 0.3) is 0 Å². The van der Waals surface area contributed by atoms with E-state index in [4.69, 9.17) is 4.74 Å². The molecule has 0 aromatic carbocycles. The number of ether oxygens (including phenoxy) is 1. The first-order valence-corrected chi connectivity index (χ1v) is 7.14. The van der Waals surface area contributed by atoms with Crippen molar-refractivity contribution in [2.24, 2.45) is 17.3 Å². The fourth-order valence-electron chi connectivity index (χ4n) is 4.32. The summed E-state index contributed by atoms with van der Waals surface area (Å²) in [6.45, 7) is 6.06. The molecule has 3 rings (SSSR count). The lowest BCUT2D eigenvalue weighted by Crippen LogP contribution is -2.60. The molecule has 3 aliphatic rings. The predicted octanol–water partition coefficient (Wildman–Crippen LogP) is 1.76. The lowest BCUT2D eigenvalue weighted by atomic mass is 9.52. The van der Waals surface area contributed by atoms with Gasteiger partial charge in [-0.1, -0.05) is 26.7 Å². The molecule has 1 aliphatic heterocycles. The molecular formula is C15H22O4. The van der Waals surface area contributed by atoms with Crippen LogP contribution in [0.3, 0.4) is 0 Å². The van der Waals surface area contributed by atoms with Crippen LogP contribution in [-0.2, 0) is 9.53 Å². The lowest BCUT2D eigenvalue weighted by molar-refractivity contribution is -0.255. The Morgan fingerprint density at radius 2 is 2.05 bits per heavy atom. The maximum Gasteiger partial charge on any atom is 0.336 e. The minimum atomic E-state index is -1.78. The summed E-state index contributed by atoms with van der Waals surface area (Å²) >= 11 is 0. The Labute approximate surface area is 113 Å². The van der Waals surface area contributed by atoms with Gasteiger partial charge in [0.25, 0.3) is 5.79 Å². The van der Waals surface area contributed by atoms with Gasteiger partial charge < -0.3 is 14.9 Å². The van der Waals surface area contributed by atoms with Gasteiger partial charge in [-0.2, -0.15) is 0 Å². The second-order valence-corrected chi connectivity index (χ2v) is 6.76. The molecule has 2 aliphatic carbocycles. The average Bonchev–Trinajstić information content (AvgIpc) is 2.56. The number of aliphatic hydroxyl groups is 2. The summed E-state index contributed by atoms with van der Waals surface area (Å²) in [5.74, 6) is -1.81. The molecule has 3 unspecified atom stereocenters. The summed E-state index contributed by atoms with van der Waals surface area (Å²) in [5.41, 5.74) is 1.01. The minimum Gasteiger partial charge on any atom is -0.423 e. The second kappa shape index (κ2) is 3.83. The smallest absolute Gasteiger partial charge is 0.336 e. The van der Waals surface area contributed by atoms with Crippen LogP contribution >= 0.6 is 0 Å². The fourth-order valence-corrected chi connectivity index (χ4v) is 4.32. The molecule has 2 fully saturated rings. The van der Waals surface area contributed by atoms with Crippen molar-refractivity contribution in [1.82, 2.24) is 0 Å². The monoisotopic (exact) mass is 266 g/mol. The number of hydrogen-bond acceptors (Lipinski definition) is 4. The molecule has 0 aromatic rings. The van der Waals surface area contributed by atoms with E-state index in [1.165, 1.54) is 0 Å². The van der Waals surface area contributed by atoms with E-state index in [0.29, 0.717) is 23.5 Å². The molecular weight excluding hydrogens is 244 g/mol. The molecule has 0 spiro atoms. The van der Waals surface area contributed by atoms with Gasteiger partial charge in [0, 0.05) is 11.1 Å². The third-order valence-corrected chi connectivity index (χ3v) is 5.90. The van der Waals surface area contributed by atoms with Crippen molar-refractivity contribution in [3.05, 3.63) is 11.1 Å². The molecule has 4 nitrogen and oxygen atoms in total. The van der Waals surface area contributed by atoms with Crippen molar-refractivity contribution in [2.45, 2.75) is 58.3 Å². The van der Waals surface area contributed by atoms with E-state index in [1.54, 1.807) is 6.92 Å². The molecule has 0 bridgehead atoms. The van der Waals surface area contributed by atoms with Gasteiger partial charge in [0.15, 0.2) is 0 Å². The van der Waals surface area contributed by atoms with Crippen LogP contribution < -0.4 is 0 Å². The van der Waals surface area contributed by atoms with Crippen molar-refractivity contribution in [3.8, 4) is 0 Å². The summed E-state index contributed by atoms with van der Waals surface area (Å²) in [4.78, 5) is 11.7. The average molecular weight is 266 g/mol. The zero-order valence-electron chi connectivity index (χ0n) is 11.8. The van der Waals surface area contributed by atoms with Crippen molar-refractivity contribution >= 4 is 5.97 Å². The molecule has 106 valence electrons. The van der Waals surface area contributed by atoms with Crippen LogP contribution in [0.2, 0.25) is 0 Å². The van der Waals surface area contributed by atoms with Gasteiger partial charge >= 0.3 is 5.97 Å². The summed E-state index contributed by atoms with van der Waals surface area (Å²) < 4.78 is 5.10. The van der Waals surface area contributed by atoms with Crippen LogP contribution in [0.1, 0.15) is 46.5 Å². The number of carbonyl (C=O) groups is 1. The topological polar surface area (TPSA) is 66.8 Å². The number of hydrogen-bond donors (Lipinski definition) is 2. The second-order valence-electron chi connectivity index (χ2n) is 6.76. The Kier molecular flexibility index (Phi) is 2.64. The highest BCUT2D eigenvalue weighted by atomic mass is 16.7. The quantitative estimate of drug-likeness (QED) is 0.656. The van der Waals surface area contributed by atoms with Gasteiger partial charge in [-0.25, -0.2) is 4.79 Å². The first-order valence-electron chi connectivity index (χ1n) is 7.14. The first-order chi connectivity index (χ1) is 8.80. The molecule has 5 atom stereocenters. The van der Waals surface area contributed by atoms with E-state index in [-0.39, 0.29) is 11.3 Å². The molecule has 2 saturated carbocycles. The third-order valence-electron chi connectivity index (χ3n) is 5.90. The van der Waals surface area contributed by atoms with Gasteiger partial charge in [-0.15, -0.1) is 0 Å². The van der Waals surface area contributed by atoms with Gasteiger partial charge in [-0.3, -0.25) is 0 Å². The molecule has 2 N–H and O–H groups in total. The van der Waals surface area contributed by atoms with Gasteiger partial charge in [0.05, 0.1) is 0 Å². The maximum absolute atomic E-state index is 11.7. The van der Waals surface area contributed by atoms with Crippen molar-refractivity contribution in [1.29, 1.82) is 0 Å². The highest BCUT2D eigenvalue weighted by Crippen LogP contribution is 2.59. The summed E-state index contributed by atoms with van der Waals surface area (Å²) in [6, 6.07) is 0. The Hall–Kier alpha value is -0.870. The van der Waals surface area contributed by atoms with Crippen molar-refractivity contribution in [2.75, 3.05) is 0 Å². The molecule has 0 radical (unpaired) electrons. The minimum absolute atomic E-state index is 0.0105. The van der Waals surface area contributed by atoms with Crippen LogP contribution in [0.4, 0.5) is 0 Å². The number of aliphatic hydroxyl groups excluding tert-OH is 1. The standard InChI is InChI=1S/C15H22O4/c1-8-5-4-6-10-12(16)15(18)11(7-14(8,10)3)9(2)13(17)19-15/h8,10,12,16,18H,4-7H2,1-3H3/t8-,10?,12?,14+,15?/m0/s1. The van der Waals surface area contributed by atoms with Gasteiger partial charge in [0.1, 0.15) is 6.10 Å². The van der Waals surface area contributed by atoms with Crippen LogP contribution in [0.15, 0.2) is 11.1 Å². The van der Waals surface area contributed by atoms with E-state index >= 15 is 0 Å². The first kappa shape index (κ1) is 13.1. The number of rotatable bonds is 0. The van der Waals surface area contributed by atoms with E-state index in [2.05, 4.69) is 13.8 Å². The van der Waals surface area contributed by atoms with E-state index < -0.39 is 17.9 Å². The largest absolute Gasteiger partial charge is 0.423 e. The SMILES string of the molecule is CC1=C2C[C@@]3(C)C(CCC[C@@H]3C)C(O)C2(O)OC1=O. The molecule has 0 amide bonds. The Morgan fingerprint density at radius 1 is 1.37 bits per heavy atom. The zero-order valence-corrected chi connectivity index (χ0v) is 11.8. The number of carbonyl (C=O) groups excluding carboxylic acids is 1. The molecule has 0 aromatic heterocycles. The van der Waals surface area contributed by atoms with E-state index in [9.17, 15) is 15.0 Å². The van der Waals surface area contributed by atoms with Gasteiger partial charge in [0.2, 0.25) is 0 Å². The van der Waals surface area contributed by atoms with Crippen molar-refractivity contribution in [3.63, 3.8) is 0 Å². The van der Waals surface area contributed by atoms with E-state index in [0.717, 1.165) is 19.3 Å². The van der Waals surface area contributed by atoms with Crippen LogP contribution in [0, 0.1) is 17.3 Å². The summed E-state index contributed by atoms with van der Waals surface area (Å²) in [5, 5.41) is 21.2. The Morgan fingerprint density at radius 3 is 2.74 bits per heavy atom. The highest BCUT2D eigenvalue weighted by Gasteiger charge is 2.62. The predicted molar refractivity (Wildman–Crippen MR) is 69.0 cm³/mol. The fraction of sp³-hybridized carbons (Fsp3) is 0.800. The van der Waals surface area contributed by atoms with Crippen molar-refractivity contribution < 1.29 is 19.7 Å². The van der Waals surface area contributed by atoms with Crippen LogP contribution in [0.5, 0.6) is 0 Å². The number of fused-ring (bicyclic) bond motifs is 2. The zero-order chi connectivity index (χ0) is 14.0. The lowest BCUT2D eigenvalue weighted by Gasteiger charge is -2.55. The van der Waals surface area contributed by atoms with E-state index in [1.807, 2.05) is 0 Å². The normalized spacial score (nSPS) is 49.7. The highest BCUT2D eigenvalue weighted by molar-refractivity contribution is 5.92. The summed E-state index contributed by atoms with van der Waals surface area (Å²) in [6.07, 6.45) is 2.71. The van der Waals surface area contributed by atoms with Gasteiger partial charge in [-0.05, 0) is 37.0 Å². The maximum atomic E-state index is 11.7. The Balaban J connectivity index is 2.09. The molecule has 0 saturated heterocycles. The third kappa shape index (κ3) is 1.50. The van der Waals surface area contributed by atoms with Crippen LogP contribution in [-0.4, -0.2) is 28.1 Å². The summed E-state index contributed by atoms with van der Waals surface area (Å²) in [7, 11) is 0.